The van der Waals surface area contributed by atoms with Crippen LogP contribution in [-0.2, 0) is 0 Å². The highest BCUT2D eigenvalue weighted by Gasteiger charge is 2.14. The summed E-state index contributed by atoms with van der Waals surface area (Å²) in [5, 5.41) is 9.75. The minimum Gasteiger partial charge on any atom is -0.387 e. The van der Waals surface area contributed by atoms with Crippen molar-refractivity contribution in [1.82, 2.24) is 0 Å². The average molecular weight is 177 g/mol. The van der Waals surface area contributed by atoms with Gasteiger partial charge in [0.05, 0.1) is 6.10 Å². The molecule has 70 valence electrons. The minimum absolute atomic E-state index is 0.264. The zero-order valence-electron chi connectivity index (χ0n) is 7.56. The SMILES string of the molecule is C=CC[C@H](N)[C@H](O)c1ccccc1. The molecule has 0 saturated heterocycles. The van der Waals surface area contributed by atoms with E-state index >= 15 is 0 Å². The van der Waals surface area contributed by atoms with Gasteiger partial charge in [-0.15, -0.1) is 6.58 Å². The Bertz CT molecular complexity index is 258. The van der Waals surface area contributed by atoms with Crippen LogP contribution in [0.15, 0.2) is 43.0 Å². The predicted molar refractivity (Wildman–Crippen MR) is 54.2 cm³/mol. The van der Waals surface area contributed by atoms with Crippen LogP contribution < -0.4 is 5.73 Å². The minimum atomic E-state index is -0.598. The van der Waals surface area contributed by atoms with E-state index in [1.165, 1.54) is 0 Å². The van der Waals surface area contributed by atoms with Crippen LogP contribution in [0.25, 0.3) is 0 Å². The molecule has 0 unspecified atom stereocenters. The summed E-state index contributed by atoms with van der Waals surface area (Å²) in [6.45, 7) is 3.59. The van der Waals surface area contributed by atoms with Crippen molar-refractivity contribution in [1.29, 1.82) is 0 Å². The van der Waals surface area contributed by atoms with Gasteiger partial charge in [0.1, 0.15) is 0 Å². The average Bonchev–Trinajstić information content (AvgIpc) is 2.18. The Morgan fingerprint density at radius 1 is 1.38 bits per heavy atom. The highest BCUT2D eigenvalue weighted by molar-refractivity contribution is 5.18. The maximum Gasteiger partial charge on any atom is 0.0943 e. The molecule has 0 aliphatic carbocycles. The number of aliphatic hydroxyl groups is 1. The van der Waals surface area contributed by atoms with Gasteiger partial charge in [0.15, 0.2) is 0 Å². The molecule has 2 nitrogen and oxygen atoms in total. The molecule has 0 spiro atoms. The Morgan fingerprint density at radius 3 is 2.54 bits per heavy atom. The van der Waals surface area contributed by atoms with Gasteiger partial charge in [0.2, 0.25) is 0 Å². The van der Waals surface area contributed by atoms with Gasteiger partial charge in [-0.3, -0.25) is 0 Å². The molecular weight excluding hydrogens is 162 g/mol. The van der Waals surface area contributed by atoms with Crippen molar-refractivity contribution in [3.63, 3.8) is 0 Å². The van der Waals surface area contributed by atoms with Gasteiger partial charge in [-0.05, 0) is 12.0 Å². The Kier molecular flexibility index (Phi) is 3.68. The molecule has 1 rings (SSSR count). The first-order valence-electron chi connectivity index (χ1n) is 4.35. The first-order chi connectivity index (χ1) is 6.25. The molecule has 0 fully saturated rings. The molecule has 3 N–H and O–H groups in total. The van der Waals surface area contributed by atoms with Crippen LogP contribution in [0.2, 0.25) is 0 Å². The van der Waals surface area contributed by atoms with Crippen LogP contribution in [0.1, 0.15) is 18.1 Å². The molecule has 2 heteroatoms. The molecule has 0 radical (unpaired) electrons. The molecule has 0 aliphatic rings. The number of aliphatic hydroxyl groups excluding tert-OH is 1. The maximum absolute atomic E-state index is 9.75. The van der Waals surface area contributed by atoms with E-state index in [-0.39, 0.29) is 6.04 Å². The molecule has 1 aromatic carbocycles. The highest BCUT2D eigenvalue weighted by Crippen LogP contribution is 2.16. The van der Waals surface area contributed by atoms with E-state index in [9.17, 15) is 5.11 Å². The lowest BCUT2D eigenvalue weighted by molar-refractivity contribution is 0.147. The zero-order chi connectivity index (χ0) is 9.68. The second-order valence-electron chi connectivity index (χ2n) is 3.04. The smallest absolute Gasteiger partial charge is 0.0943 e. The predicted octanol–water partition coefficient (Wildman–Crippen LogP) is 1.62. The number of benzene rings is 1. The highest BCUT2D eigenvalue weighted by atomic mass is 16.3. The van der Waals surface area contributed by atoms with Gasteiger partial charge in [-0.25, -0.2) is 0 Å². The van der Waals surface area contributed by atoms with Crippen molar-refractivity contribution in [3.05, 3.63) is 48.6 Å². The number of hydrogen-bond acceptors (Lipinski definition) is 2. The molecule has 2 atom stereocenters. The molecule has 0 bridgehead atoms. The largest absolute Gasteiger partial charge is 0.387 e. The van der Waals surface area contributed by atoms with E-state index in [0.717, 1.165) is 5.56 Å². The quantitative estimate of drug-likeness (QED) is 0.686. The van der Waals surface area contributed by atoms with E-state index < -0.39 is 6.10 Å². The summed E-state index contributed by atoms with van der Waals surface area (Å²) in [5.74, 6) is 0. The molecule has 0 aliphatic heterocycles. The third-order valence-electron chi connectivity index (χ3n) is 1.99. The lowest BCUT2D eigenvalue weighted by atomic mass is 10.0. The van der Waals surface area contributed by atoms with Crippen LogP contribution in [0.3, 0.4) is 0 Å². The Morgan fingerprint density at radius 2 is 2.00 bits per heavy atom. The molecule has 0 heterocycles. The molecule has 13 heavy (non-hydrogen) atoms. The topological polar surface area (TPSA) is 46.2 Å². The van der Waals surface area contributed by atoms with Gasteiger partial charge >= 0.3 is 0 Å². The molecular formula is C11H15NO. The Balaban J connectivity index is 2.67. The lowest BCUT2D eigenvalue weighted by Gasteiger charge is -2.17. The normalized spacial score (nSPS) is 14.9. The monoisotopic (exact) mass is 177 g/mol. The summed E-state index contributed by atoms with van der Waals surface area (Å²) in [6, 6.07) is 9.16. The second kappa shape index (κ2) is 4.80. The van der Waals surface area contributed by atoms with Gasteiger partial charge in [0.25, 0.3) is 0 Å². The summed E-state index contributed by atoms with van der Waals surface area (Å²) in [4.78, 5) is 0. The summed E-state index contributed by atoms with van der Waals surface area (Å²) < 4.78 is 0. The molecule has 0 saturated carbocycles. The molecule has 0 amide bonds. The van der Waals surface area contributed by atoms with Crippen molar-refractivity contribution in [2.45, 2.75) is 18.6 Å². The van der Waals surface area contributed by atoms with Gasteiger partial charge in [-0.2, -0.15) is 0 Å². The van der Waals surface area contributed by atoms with Crippen LogP contribution >= 0.6 is 0 Å². The second-order valence-corrected chi connectivity index (χ2v) is 3.04. The number of hydrogen-bond donors (Lipinski definition) is 2. The molecule has 1 aromatic rings. The first-order valence-corrected chi connectivity index (χ1v) is 4.35. The Labute approximate surface area is 78.7 Å². The van der Waals surface area contributed by atoms with Crippen molar-refractivity contribution in [2.75, 3.05) is 0 Å². The Hall–Kier alpha value is -1.12. The summed E-state index contributed by atoms with van der Waals surface area (Å²) >= 11 is 0. The fourth-order valence-corrected chi connectivity index (χ4v) is 1.22. The molecule has 0 aromatic heterocycles. The standard InChI is InChI=1S/C11H15NO/c1-2-6-10(12)11(13)9-7-4-3-5-8-9/h2-5,7-8,10-11,13H,1,6,12H2/t10-,11+/m0/s1. The lowest BCUT2D eigenvalue weighted by Crippen LogP contribution is -2.27. The van der Waals surface area contributed by atoms with Crippen LogP contribution in [0, 0.1) is 0 Å². The van der Waals surface area contributed by atoms with E-state index in [0.29, 0.717) is 6.42 Å². The summed E-state index contributed by atoms with van der Waals surface area (Å²) in [6.07, 6.45) is 1.74. The van der Waals surface area contributed by atoms with Crippen molar-refractivity contribution in [3.8, 4) is 0 Å². The van der Waals surface area contributed by atoms with Gasteiger partial charge < -0.3 is 10.8 Å². The fraction of sp³-hybridized carbons (Fsp3) is 0.273. The van der Waals surface area contributed by atoms with E-state index in [4.69, 9.17) is 5.73 Å². The number of rotatable bonds is 4. The third-order valence-corrected chi connectivity index (χ3v) is 1.99. The summed E-state index contributed by atoms with van der Waals surface area (Å²) in [7, 11) is 0. The van der Waals surface area contributed by atoms with Gasteiger partial charge in [-0.1, -0.05) is 36.4 Å². The zero-order valence-corrected chi connectivity index (χ0v) is 7.56. The number of nitrogens with two attached hydrogens (primary N) is 1. The van der Waals surface area contributed by atoms with Gasteiger partial charge in [0, 0.05) is 6.04 Å². The summed E-state index contributed by atoms with van der Waals surface area (Å²) in [5.41, 5.74) is 6.60. The fourth-order valence-electron chi connectivity index (χ4n) is 1.22. The van der Waals surface area contributed by atoms with Crippen molar-refractivity contribution >= 4 is 0 Å². The van der Waals surface area contributed by atoms with Crippen LogP contribution in [0.4, 0.5) is 0 Å². The van der Waals surface area contributed by atoms with Crippen LogP contribution in [0.5, 0.6) is 0 Å². The van der Waals surface area contributed by atoms with Crippen LogP contribution in [-0.4, -0.2) is 11.1 Å². The van der Waals surface area contributed by atoms with E-state index in [1.54, 1.807) is 6.08 Å². The third kappa shape index (κ3) is 2.68. The van der Waals surface area contributed by atoms with E-state index in [2.05, 4.69) is 6.58 Å². The van der Waals surface area contributed by atoms with E-state index in [1.807, 2.05) is 30.3 Å². The maximum atomic E-state index is 9.75. The van der Waals surface area contributed by atoms with Crippen molar-refractivity contribution < 1.29 is 5.11 Å². The first kappa shape index (κ1) is 9.96. The van der Waals surface area contributed by atoms with Crippen molar-refractivity contribution in [2.24, 2.45) is 5.73 Å².